The number of benzene rings is 2. The summed E-state index contributed by atoms with van der Waals surface area (Å²) in [5.41, 5.74) is 4.52. The number of fused-ring (bicyclic) bond motifs is 4. The van der Waals surface area contributed by atoms with Crippen molar-refractivity contribution in [1.29, 1.82) is 0 Å². The zero-order chi connectivity index (χ0) is 16.7. The molecule has 0 saturated carbocycles. The first-order chi connectivity index (χ1) is 11.6. The van der Waals surface area contributed by atoms with Crippen LogP contribution in [0.15, 0.2) is 48.5 Å². The Balaban J connectivity index is 1.57. The second-order valence-electron chi connectivity index (χ2n) is 8.00. The minimum absolute atomic E-state index is 0.216. The molecule has 4 atom stereocenters. The predicted molar refractivity (Wildman–Crippen MR) is 97.6 cm³/mol. The average molecular weight is 322 g/mol. The second kappa shape index (κ2) is 5.93. The molecule has 1 fully saturated rings. The third-order valence-electron chi connectivity index (χ3n) is 6.82. The molecule has 2 bridgehead atoms. The SMILES string of the molecule is C[C@H]1C2Cc3ccc(O)cc3[C@]1(C)CC[NH+]2CCc1ccccc1. The summed E-state index contributed by atoms with van der Waals surface area (Å²) in [5, 5.41) is 9.94. The Morgan fingerprint density at radius 3 is 2.75 bits per heavy atom. The summed E-state index contributed by atoms with van der Waals surface area (Å²) in [6, 6.07) is 17.6. The van der Waals surface area contributed by atoms with Crippen LogP contribution in [0.1, 0.15) is 37.0 Å². The normalized spacial score (nSPS) is 31.5. The van der Waals surface area contributed by atoms with Gasteiger partial charge in [0.05, 0.1) is 19.1 Å². The summed E-state index contributed by atoms with van der Waals surface area (Å²) in [6.07, 6.45) is 3.53. The van der Waals surface area contributed by atoms with Gasteiger partial charge in [-0.3, -0.25) is 0 Å². The highest BCUT2D eigenvalue weighted by Crippen LogP contribution is 2.45. The fourth-order valence-electron chi connectivity index (χ4n) is 5.10. The maximum absolute atomic E-state index is 9.94. The van der Waals surface area contributed by atoms with Crippen molar-refractivity contribution >= 4 is 0 Å². The van der Waals surface area contributed by atoms with Gasteiger partial charge in [-0.1, -0.05) is 50.2 Å². The number of phenols is 1. The van der Waals surface area contributed by atoms with Crippen LogP contribution in [0.2, 0.25) is 0 Å². The lowest BCUT2D eigenvalue weighted by Crippen LogP contribution is -3.19. The van der Waals surface area contributed by atoms with Gasteiger partial charge in [0.15, 0.2) is 0 Å². The second-order valence-corrected chi connectivity index (χ2v) is 8.00. The number of piperidine rings is 1. The van der Waals surface area contributed by atoms with Gasteiger partial charge in [-0.15, -0.1) is 0 Å². The molecule has 2 heteroatoms. The summed E-state index contributed by atoms with van der Waals surface area (Å²) in [6.45, 7) is 7.31. The molecule has 4 rings (SSSR count). The van der Waals surface area contributed by atoms with E-state index in [1.807, 2.05) is 12.1 Å². The van der Waals surface area contributed by atoms with Crippen molar-refractivity contribution in [2.75, 3.05) is 13.1 Å². The number of hydrogen-bond acceptors (Lipinski definition) is 1. The molecule has 1 heterocycles. The Kier molecular flexibility index (Phi) is 3.88. The van der Waals surface area contributed by atoms with Crippen LogP contribution in [0, 0.1) is 5.92 Å². The number of likely N-dealkylation sites (tertiary alicyclic amines) is 1. The van der Waals surface area contributed by atoms with Crippen molar-refractivity contribution in [3.63, 3.8) is 0 Å². The smallest absolute Gasteiger partial charge is 0.115 e. The Labute approximate surface area is 145 Å². The molecule has 2 aliphatic rings. The molecule has 1 aliphatic carbocycles. The van der Waals surface area contributed by atoms with Crippen molar-refractivity contribution in [1.82, 2.24) is 0 Å². The molecular formula is C22H28NO+. The molecule has 0 spiro atoms. The lowest BCUT2D eigenvalue weighted by Gasteiger charge is -2.52. The van der Waals surface area contributed by atoms with Crippen molar-refractivity contribution in [3.05, 3.63) is 65.2 Å². The van der Waals surface area contributed by atoms with E-state index < -0.39 is 0 Å². The molecule has 2 nitrogen and oxygen atoms in total. The molecular weight excluding hydrogens is 294 g/mol. The van der Waals surface area contributed by atoms with Crippen LogP contribution >= 0.6 is 0 Å². The molecule has 2 aromatic carbocycles. The molecule has 0 aromatic heterocycles. The van der Waals surface area contributed by atoms with Crippen molar-refractivity contribution in [2.45, 2.75) is 44.6 Å². The molecule has 24 heavy (non-hydrogen) atoms. The summed E-state index contributed by atoms with van der Waals surface area (Å²) >= 11 is 0. The van der Waals surface area contributed by atoms with Crippen LogP contribution in [-0.4, -0.2) is 24.2 Å². The predicted octanol–water partition coefficient (Wildman–Crippen LogP) is 2.74. The van der Waals surface area contributed by atoms with Gasteiger partial charge in [-0.25, -0.2) is 0 Å². The van der Waals surface area contributed by atoms with E-state index in [9.17, 15) is 5.11 Å². The molecule has 2 N–H and O–H groups in total. The molecule has 1 saturated heterocycles. The Morgan fingerprint density at radius 1 is 1.17 bits per heavy atom. The van der Waals surface area contributed by atoms with Gasteiger partial charge in [0.1, 0.15) is 5.75 Å². The Hall–Kier alpha value is -1.80. The van der Waals surface area contributed by atoms with Crippen LogP contribution in [0.25, 0.3) is 0 Å². The molecule has 2 unspecified atom stereocenters. The highest BCUT2D eigenvalue weighted by Gasteiger charge is 2.50. The number of rotatable bonds is 3. The zero-order valence-corrected chi connectivity index (χ0v) is 14.8. The van der Waals surface area contributed by atoms with Gasteiger partial charge >= 0.3 is 0 Å². The van der Waals surface area contributed by atoms with Gasteiger partial charge in [0, 0.05) is 30.6 Å². The maximum Gasteiger partial charge on any atom is 0.115 e. The number of nitrogens with one attached hydrogen (secondary N) is 1. The quantitative estimate of drug-likeness (QED) is 0.892. The number of quaternary nitrogens is 1. The van der Waals surface area contributed by atoms with E-state index in [1.54, 1.807) is 4.90 Å². The Morgan fingerprint density at radius 2 is 1.96 bits per heavy atom. The van der Waals surface area contributed by atoms with Gasteiger partial charge in [-0.05, 0) is 28.8 Å². The van der Waals surface area contributed by atoms with E-state index in [-0.39, 0.29) is 5.41 Å². The van der Waals surface area contributed by atoms with Gasteiger partial charge < -0.3 is 10.0 Å². The first-order valence-corrected chi connectivity index (χ1v) is 9.29. The van der Waals surface area contributed by atoms with E-state index in [1.165, 1.54) is 42.6 Å². The van der Waals surface area contributed by atoms with Crippen molar-refractivity contribution in [3.8, 4) is 5.75 Å². The summed E-state index contributed by atoms with van der Waals surface area (Å²) in [7, 11) is 0. The zero-order valence-electron chi connectivity index (χ0n) is 14.8. The van der Waals surface area contributed by atoms with E-state index >= 15 is 0 Å². The van der Waals surface area contributed by atoms with E-state index in [2.05, 4.69) is 50.2 Å². The lowest BCUT2D eigenvalue weighted by atomic mass is 9.59. The third kappa shape index (κ3) is 2.53. The summed E-state index contributed by atoms with van der Waals surface area (Å²) in [5.74, 6) is 1.07. The highest BCUT2D eigenvalue weighted by atomic mass is 16.3. The van der Waals surface area contributed by atoms with Crippen molar-refractivity contribution in [2.24, 2.45) is 5.92 Å². The lowest BCUT2D eigenvalue weighted by molar-refractivity contribution is -0.937. The third-order valence-corrected chi connectivity index (χ3v) is 6.82. The van der Waals surface area contributed by atoms with Gasteiger partial charge in [-0.2, -0.15) is 0 Å². The van der Waals surface area contributed by atoms with E-state index in [0.29, 0.717) is 17.7 Å². The molecule has 2 aromatic rings. The maximum atomic E-state index is 9.94. The van der Waals surface area contributed by atoms with Crippen LogP contribution in [0.5, 0.6) is 5.75 Å². The fourth-order valence-corrected chi connectivity index (χ4v) is 5.10. The standard InChI is InChI=1S/C22H27NO/c1-16-21-14-18-8-9-19(24)15-20(18)22(16,2)11-13-23(21)12-10-17-6-4-3-5-7-17/h3-9,15-16,21,24H,10-14H2,1-2H3/p+1/t16-,21?,22+/m0/s1. The van der Waals surface area contributed by atoms with Gasteiger partial charge in [0.2, 0.25) is 0 Å². The van der Waals surface area contributed by atoms with Crippen molar-refractivity contribution < 1.29 is 10.0 Å². The molecule has 0 radical (unpaired) electrons. The van der Waals surface area contributed by atoms with Crippen LogP contribution in [0.4, 0.5) is 0 Å². The number of hydrogen-bond donors (Lipinski definition) is 2. The topological polar surface area (TPSA) is 24.7 Å². The first-order valence-electron chi connectivity index (χ1n) is 9.29. The molecule has 0 amide bonds. The summed E-state index contributed by atoms with van der Waals surface area (Å²) < 4.78 is 0. The fraction of sp³-hybridized carbons (Fsp3) is 0.455. The minimum Gasteiger partial charge on any atom is -0.508 e. The van der Waals surface area contributed by atoms with Crippen LogP contribution in [0.3, 0.4) is 0 Å². The average Bonchev–Trinajstić information content (AvgIpc) is 2.59. The summed E-state index contributed by atoms with van der Waals surface area (Å²) in [4.78, 5) is 1.77. The molecule has 1 aliphatic heterocycles. The largest absolute Gasteiger partial charge is 0.508 e. The van der Waals surface area contributed by atoms with Crippen LogP contribution < -0.4 is 4.90 Å². The monoisotopic (exact) mass is 322 g/mol. The van der Waals surface area contributed by atoms with E-state index in [4.69, 9.17) is 0 Å². The first kappa shape index (κ1) is 15.7. The number of phenolic OH excluding ortho intramolecular Hbond substituents is 1. The van der Waals surface area contributed by atoms with E-state index in [0.717, 1.165) is 6.42 Å². The minimum atomic E-state index is 0.216. The Bertz CT molecular complexity index is 726. The van der Waals surface area contributed by atoms with Crippen LogP contribution in [-0.2, 0) is 18.3 Å². The molecule has 126 valence electrons. The number of aromatic hydroxyl groups is 1. The highest BCUT2D eigenvalue weighted by molar-refractivity contribution is 5.43. The van der Waals surface area contributed by atoms with Gasteiger partial charge in [0.25, 0.3) is 0 Å².